The molecule has 0 bridgehead atoms. The fourth-order valence-electron chi connectivity index (χ4n) is 6.44. The van der Waals surface area contributed by atoms with Crippen LogP contribution in [0.2, 0.25) is 0 Å². The molecule has 2 aromatic carbocycles. The van der Waals surface area contributed by atoms with Crippen molar-refractivity contribution < 1.29 is 9.53 Å². The van der Waals surface area contributed by atoms with Gasteiger partial charge in [0.2, 0.25) is 0 Å². The van der Waals surface area contributed by atoms with E-state index in [4.69, 9.17) is 4.74 Å². The van der Waals surface area contributed by atoms with Crippen LogP contribution in [0.3, 0.4) is 0 Å². The molecule has 1 amide bonds. The second kappa shape index (κ2) is 10.1. The van der Waals surface area contributed by atoms with Gasteiger partial charge in [0.25, 0.3) is 5.91 Å². The lowest BCUT2D eigenvalue weighted by atomic mass is 9.85. The first-order valence-electron chi connectivity index (χ1n) is 13.4. The summed E-state index contributed by atoms with van der Waals surface area (Å²) in [6.07, 6.45) is 4.68. The van der Waals surface area contributed by atoms with Gasteiger partial charge in [-0.3, -0.25) is 9.52 Å². The number of hydrogen-bond acceptors (Lipinski definition) is 4. The molecule has 192 valence electrons. The number of ether oxygens (including phenoxy) is 1. The van der Waals surface area contributed by atoms with Crippen molar-refractivity contribution in [2.45, 2.75) is 64.8 Å². The number of hydrogen-bond donors (Lipinski definition) is 1. The number of fused-ring (bicyclic) bond motifs is 7. The van der Waals surface area contributed by atoms with Gasteiger partial charge in [-0.05, 0) is 92.1 Å². The molecule has 6 heteroatoms. The molecule has 5 rings (SSSR count). The average Bonchev–Trinajstić information content (AvgIpc) is 3.44. The van der Waals surface area contributed by atoms with Crippen molar-refractivity contribution in [3.63, 3.8) is 0 Å². The SMILES string of the molecule is CCCC(CCC)c1c2n(c3cc(C(=O)NSN(C)C)ccc13)CC1C(c3cc(OC)ccc3-2)[C@@H]1C. The summed E-state index contributed by atoms with van der Waals surface area (Å²) in [5.41, 5.74) is 7.54. The summed E-state index contributed by atoms with van der Waals surface area (Å²) in [6.45, 7) is 7.96. The normalized spacial score (nSPS) is 20.2. The third-order valence-electron chi connectivity index (χ3n) is 8.20. The van der Waals surface area contributed by atoms with E-state index >= 15 is 0 Å². The standard InChI is InChI=1S/C30H39N3O2S/c1-7-9-19(10-8-2)28-23-13-11-20(30(34)31-36-32(4)5)15-26(23)33-17-25-18(3)27(25)24-16-21(35-6)12-14-22(24)29(28)33/h11-16,18-19,25,27H,7-10,17H2,1-6H3,(H,31,34)/t18-,25?,27?/m1/s1. The molecule has 1 N–H and O–H groups in total. The van der Waals surface area contributed by atoms with E-state index in [0.29, 0.717) is 29.2 Å². The molecule has 2 heterocycles. The number of carbonyl (C=O) groups is 1. The molecule has 5 nitrogen and oxygen atoms in total. The maximum absolute atomic E-state index is 13.0. The zero-order valence-corrected chi connectivity index (χ0v) is 23.2. The van der Waals surface area contributed by atoms with Crippen molar-refractivity contribution in [3.05, 3.63) is 53.1 Å². The summed E-state index contributed by atoms with van der Waals surface area (Å²) >= 11 is 1.31. The Bertz CT molecular complexity index is 1270. The van der Waals surface area contributed by atoms with E-state index < -0.39 is 0 Å². The van der Waals surface area contributed by atoms with Crippen LogP contribution in [-0.2, 0) is 6.54 Å². The fourth-order valence-corrected chi connectivity index (χ4v) is 6.83. The van der Waals surface area contributed by atoms with Gasteiger partial charge in [-0.25, -0.2) is 4.31 Å². The van der Waals surface area contributed by atoms with E-state index in [1.807, 2.05) is 24.5 Å². The first-order valence-corrected chi connectivity index (χ1v) is 14.2. The molecule has 2 unspecified atom stereocenters. The lowest BCUT2D eigenvalue weighted by Crippen LogP contribution is -2.20. The van der Waals surface area contributed by atoms with Crippen molar-refractivity contribution in [1.82, 2.24) is 13.6 Å². The van der Waals surface area contributed by atoms with Crippen LogP contribution in [0, 0.1) is 11.8 Å². The first-order chi connectivity index (χ1) is 17.4. The molecule has 1 saturated carbocycles. The molecule has 3 aromatic rings. The number of rotatable bonds is 9. The number of carbonyl (C=O) groups excluding carboxylic acids is 1. The Balaban J connectivity index is 1.74. The van der Waals surface area contributed by atoms with Gasteiger partial charge in [-0.15, -0.1) is 0 Å². The number of methoxy groups -OCH3 is 1. The Kier molecular flexibility index (Phi) is 7.10. The van der Waals surface area contributed by atoms with Crippen molar-refractivity contribution in [3.8, 4) is 17.0 Å². The van der Waals surface area contributed by atoms with E-state index in [1.165, 1.54) is 58.3 Å². The topological polar surface area (TPSA) is 46.5 Å². The summed E-state index contributed by atoms with van der Waals surface area (Å²) in [5, 5.41) is 1.31. The minimum absolute atomic E-state index is 0.0530. The maximum atomic E-state index is 13.0. The van der Waals surface area contributed by atoms with Crippen molar-refractivity contribution in [1.29, 1.82) is 0 Å². The van der Waals surface area contributed by atoms with E-state index in [-0.39, 0.29) is 5.91 Å². The molecular weight excluding hydrogens is 466 g/mol. The van der Waals surface area contributed by atoms with Gasteiger partial charge in [0.1, 0.15) is 5.75 Å². The van der Waals surface area contributed by atoms with Gasteiger partial charge in [0.05, 0.1) is 12.8 Å². The molecule has 3 atom stereocenters. The van der Waals surface area contributed by atoms with Crippen LogP contribution in [0.4, 0.5) is 0 Å². The summed E-state index contributed by atoms with van der Waals surface area (Å²) < 4.78 is 13.0. The fraction of sp³-hybridized carbons (Fsp3) is 0.500. The summed E-state index contributed by atoms with van der Waals surface area (Å²) in [5.74, 6) is 3.21. The largest absolute Gasteiger partial charge is 0.497 e. The van der Waals surface area contributed by atoms with E-state index in [1.54, 1.807) is 7.11 Å². The Hall–Kier alpha value is -2.44. The molecule has 1 fully saturated rings. The molecule has 1 aliphatic carbocycles. The third-order valence-corrected chi connectivity index (χ3v) is 8.84. The van der Waals surface area contributed by atoms with E-state index in [0.717, 1.165) is 25.1 Å². The van der Waals surface area contributed by atoms with Gasteiger partial charge < -0.3 is 9.30 Å². The Morgan fingerprint density at radius 2 is 1.92 bits per heavy atom. The molecule has 0 radical (unpaired) electrons. The van der Waals surface area contributed by atoms with Crippen LogP contribution in [-0.4, -0.2) is 36.0 Å². The molecule has 1 aromatic heterocycles. The highest BCUT2D eigenvalue weighted by Crippen LogP contribution is 2.60. The predicted molar refractivity (Wildman–Crippen MR) is 151 cm³/mol. The Labute approximate surface area is 219 Å². The van der Waals surface area contributed by atoms with Gasteiger partial charge in [0.15, 0.2) is 0 Å². The van der Waals surface area contributed by atoms with Crippen LogP contribution in [0.15, 0.2) is 36.4 Å². The average molecular weight is 506 g/mol. The van der Waals surface area contributed by atoms with Crippen molar-refractivity contribution in [2.24, 2.45) is 11.8 Å². The van der Waals surface area contributed by atoms with E-state index in [9.17, 15) is 4.79 Å². The Morgan fingerprint density at radius 3 is 2.58 bits per heavy atom. The van der Waals surface area contributed by atoms with Crippen molar-refractivity contribution >= 4 is 28.9 Å². The van der Waals surface area contributed by atoms with Crippen LogP contribution in [0.5, 0.6) is 5.75 Å². The molecule has 0 spiro atoms. The summed E-state index contributed by atoms with van der Waals surface area (Å²) in [7, 11) is 5.61. The summed E-state index contributed by atoms with van der Waals surface area (Å²) in [6, 6.07) is 13.0. The molecule has 36 heavy (non-hydrogen) atoms. The highest BCUT2D eigenvalue weighted by molar-refractivity contribution is 7.95. The lowest BCUT2D eigenvalue weighted by molar-refractivity contribution is 0.0983. The van der Waals surface area contributed by atoms with Gasteiger partial charge in [-0.2, -0.15) is 0 Å². The van der Waals surface area contributed by atoms with E-state index in [2.05, 4.69) is 60.4 Å². The highest BCUT2D eigenvalue weighted by Gasteiger charge is 2.51. The number of nitrogens with zero attached hydrogens (tertiary/aromatic N) is 2. The Morgan fingerprint density at radius 1 is 1.17 bits per heavy atom. The van der Waals surface area contributed by atoms with Gasteiger partial charge in [-0.1, -0.05) is 39.7 Å². The summed E-state index contributed by atoms with van der Waals surface area (Å²) in [4.78, 5) is 13.0. The minimum atomic E-state index is -0.0530. The highest BCUT2D eigenvalue weighted by atomic mass is 32.2. The zero-order valence-electron chi connectivity index (χ0n) is 22.4. The number of nitrogens with one attached hydrogen (secondary N) is 1. The minimum Gasteiger partial charge on any atom is -0.497 e. The molecular formula is C30H39N3O2S. The first kappa shape index (κ1) is 25.2. The molecule has 1 aliphatic heterocycles. The second-order valence-corrected chi connectivity index (χ2v) is 11.8. The van der Waals surface area contributed by atoms with Crippen LogP contribution >= 0.6 is 12.1 Å². The van der Waals surface area contributed by atoms with Gasteiger partial charge >= 0.3 is 0 Å². The van der Waals surface area contributed by atoms with Crippen LogP contribution in [0.25, 0.3) is 22.2 Å². The maximum Gasteiger partial charge on any atom is 0.262 e. The molecule has 2 aliphatic rings. The van der Waals surface area contributed by atoms with Crippen LogP contribution in [0.1, 0.15) is 79.8 Å². The second-order valence-electron chi connectivity index (χ2n) is 10.7. The number of benzene rings is 2. The van der Waals surface area contributed by atoms with Crippen molar-refractivity contribution in [2.75, 3.05) is 21.2 Å². The number of aromatic nitrogens is 1. The predicted octanol–water partition coefficient (Wildman–Crippen LogP) is 7.22. The monoisotopic (exact) mass is 505 g/mol. The zero-order chi connectivity index (χ0) is 25.6. The smallest absolute Gasteiger partial charge is 0.262 e. The number of amides is 1. The third kappa shape index (κ3) is 4.32. The van der Waals surface area contributed by atoms with Gasteiger partial charge in [0, 0.05) is 40.7 Å². The lowest BCUT2D eigenvalue weighted by Gasteiger charge is -2.20. The van der Waals surface area contributed by atoms with Crippen LogP contribution < -0.4 is 9.46 Å². The quantitative estimate of drug-likeness (QED) is 0.312. The molecule has 0 saturated heterocycles.